The largest absolute Gasteiger partial charge is 0.394 e. The first-order chi connectivity index (χ1) is 12.7. The lowest BCUT2D eigenvalue weighted by molar-refractivity contribution is 0.0207. The van der Waals surface area contributed by atoms with E-state index in [1.807, 2.05) is 98.0 Å². The zero-order valence-electron chi connectivity index (χ0n) is 14.9. The third-order valence-electron chi connectivity index (χ3n) is 4.87. The molecule has 0 spiro atoms. The third-order valence-corrected chi connectivity index (χ3v) is 4.87. The Morgan fingerprint density at radius 3 is 1.58 bits per heavy atom. The molecule has 0 saturated heterocycles. The summed E-state index contributed by atoms with van der Waals surface area (Å²) in [6, 6.07) is 29.1. The van der Waals surface area contributed by atoms with Crippen molar-refractivity contribution in [2.75, 3.05) is 13.7 Å². The van der Waals surface area contributed by atoms with Crippen molar-refractivity contribution in [3.63, 3.8) is 0 Å². The SMILES string of the molecule is CN([C@H](c1ccccc1)[C@@H](O)c1ccccc1)[C@@H](CO)c1ccccc1. The minimum absolute atomic E-state index is 0.0225. The van der Waals surface area contributed by atoms with Crippen LogP contribution in [0.5, 0.6) is 0 Å². The molecule has 134 valence electrons. The fourth-order valence-corrected chi connectivity index (χ4v) is 3.46. The molecule has 0 aliphatic carbocycles. The number of nitrogens with zero attached hydrogens (tertiary/aromatic N) is 1. The Morgan fingerprint density at radius 1 is 0.692 bits per heavy atom. The van der Waals surface area contributed by atoms with E-state index >= 15 is 0 Å². The second kappa shape index (κ2) is 8.77. The van der Waals surface area contributed by atoms with Crippen LogP contribution in [0.2, 0.25) is 0 Å². The lowest BCUT2D eigenvalue weighted by Gasteiger charge is -2.37. The maximum absolute atomic E-state index is 11.2. The average molecular weight is 347 g/mol. The summed E-state index contributed by atoms with van der Waals surface area (Å²) >= 11 is 0. The number of hydrogen-bond acceptors (Lipinski definition) is 3. The van der Waals surface area contributed by atoms with Gasteiger partial charge in [-0.15, -0.1) is 0 Å². The van der Waals surface area contributed by atoms with Crippen LogP contribution in [0.15, 0.2) is 91.0 Å². The van der Waals surface area contributed by atoms with Crippen LogP contribution in [0, 0.1) is 0 Å². The highest BCUT2D eigenvalue weighted by molar-refractivity contribution is 5.28. The number of benzene rings is 3. The molecule has 0 bridgehead atoms. The minimum atomic E-state index is -0.707. The molecule has 0 aliphatic rings. The molecule has 2 N–H and O–H groups in total. The predicted molar refractivity (Wildman–Crippen MR) is 105 cm³/mol. The van der Waals surface area contributed by atoms with Crippen LogP contribution in [-0.4, -0.2) is 28.8 Å². The van der Waals surface area contributed by atoms with Gasteiger partial charge in [-0.2, -0.15) is 0 Å². The van der Waals surface area contributed by atoms with Gasteiger partial charge in [0.15, 0.2) is 0 Å². The van der Waals surface area contributed by atoms with Crippen molar-refractivity contribution < 1.29 is 10.2 Å². The monoisotopic (exact) mass is 347 g/mol. The maximum Gasteiger partial charge on any atom is 0.0986 e. The first-order valence-electron chi connectivity index (χ1n) is 8.88. The highest BCUT2D eigenvalue weighted by Crippen LogP contribution is 2.37. The van der Waals surface area contributed by atoms with Gasteiger partial charge in [-0.25, -0.2) is 0 Å². The van der Waals surface area contributed by atoms with Gasteiger partial charge in [0.1, 0.15) is 0 Å². The molecule has 0 saturated carbocycles. The summed E-state index contributed by atoms with van der Waals surface area (Å²) in [5.41, 5.74) is 2.90. The maximum atomic E-state index is 11.2. The first-order valence-corrected chi connectivity index (χ1v) is 8.88. The Labute approximate surface area is 155 Å². The Hall–Kier alpha value is -2.46. The van der Waals surface area contributed by atoms with Crippen molar-refractivity contribution in [1.82, 2.24) is 4.90 Å². The van der Waals surface area contributed by atoms with Crippen molar-refractivity contribution in [2.45, 2.75) is 18.2 Å². The van der Waals surface area contributed by atoms with Gasteiger partial charge in [0.05, 0.1) is 24.8 Å². The zero-order valence-corrected chi connectivity index (χ0v) is 14.9. The number of likely N-dealkylation sites (N-methyl/N-ethyl adjacent to an activating group) is 1. The Morgan fingerprint density at radius 2 is 1.12 bits per heavy atom. The molecule has 3 aromatic carbocycles. The summed E-state index contributed by atoms with van der Waals surface area (Å²) in [5, 5.41) is 21.2. The van der Waals surface area contributed by atoms with Gasteiger partial charge in [-0.1, -0.05) is 91.0 Å². The van der Waals surface area contributed by atoms with E-state index in [2.05, 4.69) is 4.90 Å². The molecule has 0 heterocycles. The van der Waals surface area contributed by atoms with Crippen LogP contribution >= 0.6 is 0 Å². The topological polar surface area (TPSA) is 43.7 Å². The number of aliphatic hydroxyl groups excluding tert-OH is 2. The normalized spacial score (nSPS) is 14.8. The Kier molecular flexibility index (Phi) is 6.18. The van der Waals surface area contributed by atoms with E-state index in [4.69, 9.17) is 0 Å². The summed E-state index contributed by atoms with van der Waals surface area (Å²) in [4.78, 5) is 2.06. The quantitative estimate of drug-likeness (QED) is 0.675. The summed E-state index contributed by atoms with van der Waals surface area (Å²) in [6.07, 6.45) is -0.707. The number of rotatable bonds is 7. The lowest BCUT2D eigenvalue weighted by Crippen LogP contribution is -2.35. The van der Waals surface area contributed by atoms with E-state index in [-0.39, 0.29) is 18.7 Å². The fraction of sp³-hybridized carbons (Fsp3) is 0.217. The van der Waals surface area contributed by atoms with Crippen molar-refractivity contribution in [3.8, 4) is 0 Å². The van der Waals surface area contributed by atoms with E-state index in [0.717, 1.165) is 16.7 Å². The molecular weight excluding hydrogens is 322 g/mol. The molecule has 3 aromatic rings. The molecule has 3 heteroatoms. The molecule has 0 amide bonds. The second-order valence-corrected chi connectivity index (χ2v) is 6.49. The van der Waals surface area contributed by atoms with E-state index in [9.17, 15) is 10.2 Å². The zero-order chi connectivity index (χ0) is 18.4. The standard InChI is InChI=1S/C23H25NO2/c1-24(21(17-25)18-11-5-2-6-12-18)22(19-13-7-3-8-14-19)23(26)20-15-9-4-10-16-20/h2-16,21-23,25-26H,17H2,1H3/t21-,22+,23-/m0/s1. The van der Waals surface area contributed by atoms with Crippen LogP contribution in [0.3, 0.4) is 0 Å². The molecule has 3 nitrogen and oxygen atoms in total. The van der Waals surface area contributed by atoms with E-state index < -0.39 is 6.10 Å². The van der Waals surface area contributed by atoms with Crippen molar-refractivity contribution in [2.24, 2.45) is 0 Å². The summed E-state index contributed by atoms with van der Waals surface area (Å²) in [7, 11) is 1.96. The second-order valence-electron chi connectivity index (χ2n) is 6.49. The van der Waals surface area contributed by atoms with Crippen molar-refractivity contribution in [1.29, 1.82) is 0 Å². The van der Waals surface area contributed by atoms with Gasteiger partial charge in [0, 0.05) is 0 Å². The van der Waals surface area contributed by atoms with E-state index in [0.29, 0.717) is 0 Å². The fourth-order valence-electron chi connectivity index (χ4n) is 3.46. The molecular formula is C23H25NO2. The minimum Gasteiger partial charge on any atom is -0.394 e. The van der Waals surface area contributed by atoms with Gasteiger partial charge in [0.25, 0.3) is 0 Å². The van der Waals surface area contributed by atoms with Gasteiger partial charge in [-0.3, -0.25) is 4.90 Å². The molecule has 0 unspecified atom stereocenters. The summed E-state index contributed by atoms with van der Waals surface area (Å²) in [5.74, 6) is 0. The van der Waals surface area contributed by atoms with Crippen LogP contribution in [-0.2, 0) is 0 Å². The van der Waals surface area contributed by atoms with Crippen LogP contribution in [0.1, 0.15) is 34.9 Å². The van der Waals surface area contributed by atoms with Gasteiger partial charge in [0.2, 0.25) is 0 Å². The Balaban J connectivity index is 2.00. The summed E-state index contributed by atoms with van der Waals surface area (Å²) in [6.45, 7) is -0.0225. The predicted octanol–water partition coefficient (Wildman–Crippen LogP) is 4.13. The molecule has 0 radical (unpaired) electrons. The van der Waals surface area contributed by atoms with E-state index in [1.165, 1.54) is 0 Å². The van der Waals surface area contributed by atoms with Gasteiger partial charge in [-0.05, 0) is 23.7 Å². The molecule has 3 rings (SSSR count). The lowest BCUT2D eigenvalue weighted by atomic mass is 9.92. The van der Waals surface area contributed by atoms with E-state index in [1.54, 1.807) is 0 Å². The average Bonchev–Trinajstić information content (AvgIpc) is 2.71. The first kappa shape index (κ1) is 18.3. The highest BCUT2D eigenvalue weighted by atomic mass is 16.3. The number of hydrogen-bond donors (Lipinski definition) is 2. The summed E-state index contributed by atoms with van der Waals surface area (Å²) < 4.78 is 0. The highest BCUT2D eigenvalue weighted by Gasteiger charge is 2.31. The molecule has 0 aromatic heterocycles. The molecule has 3 atom stereocenters. The molecule has 0 aliphatic heterocycles. The number of aliphatic hydroxyl groups is 2. The van der Waals surface area contributed by atoms with Crippen LogP contribution < -0.4 is 0 Å². The van der Waals surface area contributed by atoms with Crippen molar-refractivity contribution >= 4 is 0 Å². The smallest absolute Gasteiger partial charge is 0.0986 e. The van der Waals surface area contributed by atoms with Crippen LogP contribution in [0.25, 0.3) is 0 Å². The molecule has 26 heavy (non-hydrogen) atoms. The van der Waals surface area contributed by atoms with Crippen molar-refractivity contribution in [3.05, 3.63) is 108 Å². The molecule has 0 fully saturated rings. The van der Waals surface area contributed by atoms with Gasteiger partial charge < -0.3 is 10.2 Å². The Bertz CT molecular complexity index is 777. The van der Waals surface area contributed by atoms with Crippen LogP contribution in [0.4, 0.5) is 0 Å². The van der Waals surface area contributed by atoms with Gasteiger partial charge >= 0.3 is 0 Å². The third kappa shape index (κ3) is 4.02.